The number of rotatable bonds is 2. The van der Waals surface area contributed by atoms with Gasteiger partial charge in [-0.25, -0.2) is 4.98 Å². The highest BCUT2D eigenvalue weighted by molar-refractivity contribution is 9.10. The van der Waals surface area contributed by atoms with Crippen LogP contribution < -0.4 is 10.5 Å². The van der Waals surface area contributed by atoms with Gasteiger partial charge in [-0.3, -0.25) is 0 Å². The summed E-state index contributed by atoms with van der Waals surface area (Å²) in [7, 11) is 3.50. The van der Waals surface area contributed by atoms with Crippen LogP contribution in [0.5, 0.6) is 5.75 Å². The first-order valence-corrected chi connectivity index (χ1v) is 5.53. The number of anilines is 1. The number of ether oxygens (including phenoxy) is 1. The van der Waals surface area contributed by atoms with Gasteiger partial charge in [0.25, 0.3) is 0 Å². The Kier molecular flexibility index (Phi) is 2.87. The highest BCUT2D eigenvalue weighted by Gasteiger charge is 2.09. The van der Waals surface area contributed by atoms with Gasteiger partial charge in [-0.2, -0.15) is 0 Å². The monoisotopic (exact) mass is 281 g/mol. The average Bonchev–Trinajstić information content (AvgIpc) is 2.60. The molecular formula is C11H12BrN3O. The minimum Gasteiger partial charge on any atom is -0.496 e. The number of nitrogens with zero attached hydrogens (tertiary/aromatic N) is 2. The number of nitrogens with two attached hydrogens (primary N) is 1. The molecule has 1 heterocycles. The predicted octanol–water partition coefficient (Wildman–Crippen LogP) is 2.44. The van der Waals surface area contributed by atoms with Crippen molar-refractivity contribution >= 4 is 21.7 Å². The van der Waals surface area contributed by atoms with E-state index in [1.165, 1.54) is 0 Å². The van der Waals surface area contributed by atoms with Crippen LogP contribution in [0.3, 0.4) is 0 Å². The smallest absolute Gasteiger partial charge is 0.133 e. The van der Waals surface area contributed by atoms with E-state index >= 15 is 0 Å². The van der Waals surface area contributed by atoms with E-state index in [-0.39, 0.29) is 0 Å². The second-order valence-electron chi connectivity index (χ2n) is 3.44. The van der Waals surface area contributed by atoms with E-state index in [4.69, 9.17) is 10.5 Å². The lowest BCUT2D eigenvalue weighted by molar-refractivity contribution is 0.412. The van der Waals surface area contributed by atoms with Crippen LogP contribution in [0.4, 0.5) is 5.82 Å². The molecule has 0 atom stereocenters. The minimum absolute atomic E-state index is 0.650. The van der Waals surface area contributed by atoms with Crippen molar-refractivity contribution in [2.24, 2.45) is 7.05 Å². The maximum absolute atomic E-state index is 5.91. The molecular weight excluding hydrogens is 270 g/mol. The second kappa shape index (κ2) is 4.17. The Morgan fingerprint density at radius 3 is 2.69 bits per heavy atom. The highest BCUT2D eigenvalue weighted by atomic mass is 79.9. The van der Waals surface area contributed by atoms with E-state index in [1.54, 1.807) is 18.0 Å². The van der Waals surface area contributed by atoms with Gasteiger partial charge in [-0.15, -0.1) is 0 Å². The van der Waals surface area contributed by atoms with Crippen LogP contribution in [0.2, 0.25) is 0 Å². The lowest BCUT2D eigenvalue weighted by Crippen LogP contribution is -1.96. The molecule has 0 saturated carbocycles. The molecule has 0 aliphatic rings. The fraction of sp³-hybridized carbons (Fsp3) is 0.182. The van der Waals surface area contributed by atoms with E-state index in [2.05, 4.69) is 20.9 Å². The number of aryl methyl sites for hydroxylation is 1. The zero-order valence-electron chi connectivity index (χ0n) is 9.07. The fourth-order valence-electron chi connectivity index (χ4n) is 1.48. The lowest BCUT2D eigenvalue weighted by Gasteiger charge is -2.05. The van der Waals surface area contributed by atoms with E-state index in [1.807, 2.05) is 25.2 Å². The normalized spacial score (nSPS) is 10.4. The van der Waals surface area contributed by atoms with Crippen molar-refractivity contribution in [2.45, 2.75) is 0 Å². The summed E-state index contributed by atoms with van der Waals surface area (Å²) < 4.78 is 7.84. The molecule has 84 valence electrons. The molecule has 2 aromatic rings. The van der Waals surface area contributed by atoms with E-state index in [9.17, 15) is 0 Å². The van der Waals surface area contributed by atoms with Crippen molar-refractivity contribution < 1.29 is 4.74 Å². The first kappa shape index (κ1) is 11.0. The van der Waals surface area contributed by atoms with Crippen LogP contribution in [0.15, 0.2) is 29.0 Å². The Balaban J connectivity index is 2.49. The largest absolute Gasteiger partial charge is 0.496 e. The quantitative estimate of drug-likeness (QED) is 0.920. The van der Waals surface area contributed by atoms with Crippen LogP contribution in [0.1, 0.15) is 0 Å². The fourth-order valence-corrected chi connectivity index (χ4v) is 2.02. The molecule has 16 heavy (non-hydrogen) atoms. The van der Waals surface area contributed by atoms with Gasteiger partial charge in [0, 0.05) is 12.6 Å². The maximum Gasteiger partial charge on any atom is 0.133 e. The highest BCUT2D eigenvalue weighted by Crippen LogP contribution is 2.31. The number of benzene rings is 1. The third kappa shape index (κ3) is 1.78. The summed E-state index contributed by atoms with van der Waals surface area (Å²) in [4.78, 5) is 4.26. The number of aromatic nitrogens is 2. The van der Waals surface area contributed by atoms with Crippen LogP contribution in [0, 0.1) is 0 Å². The molecule has 1 aromatic heterocycles. The minimum atomic E-state index is 0.650. The molecule has 1 aromatic carbocycles. The topological polar surface area (TPSA) is 53.1 Å². The first-order chi connectivity index (χ1) is 7.63. The van der Waals surface area contributed by atoms with Crippen LogP contribution in [-0.2, 0) is 7.05 Å². The van der Waals surface area contributed by atoms with Crippen molar-refractivity contribution in [3.05, 3.63) is 29.0 Å². The first-order valence-electron chi connectivity index (χ1n) is 4.74. The van der Waals surface area contributed by atoms with Crippen molar-refractivity contribution in [2.75, 3.05) is 12.8 Å². The maximum atomic E-state index is 5.91. The van der Waals surface area contributed by atoms with Gasteiger partial charge < -0.3 is 15.0 Å². The molecule has 0 saturated heterocycles. The molecule has 0 radical (unpaired) electrons. The molecule has 0 bridgehead atoms. The molecule has 0 aliphatic carbocycles. The number of methoxy groups -OCH3 is 1. The Labute approximate surface area is 102 Å². The Morgan fingerprint density at radius 2 is 2.19 bits per heavy atom. The van der Waals surface area contributed by atoms with Gasteiger partial charge >= 0.3 is 0 Å². The van der Waals surface area contributed by atoms with Gasteiger partial charge in [-0.05, 0) is 34.1 Å². The lowest BCUT2D eigenvalue weighted by atomic mass is 10.1. The summed E-state index contributed by atoms with van der Waals surface area (Å²) in [6, 6.07) is 5.76. The van der Waals surface area contributed by atoms with Crippen LogP contribution in [0.25, 0.3) is 11.3 Å². The third-order valence-electron chi connectivity index (χ3n) is 2.41. The summed E-state index contributed by atoms with van der Waals surface area (Å²) in [5, 5.41) is 0. The SMILES string of the molecule is COc1ccc(-c2ncn(C)c2N)cc1Br. The summed E-state index contributed by atoms with van der Waals surface area (Å²) in [6.45, 7) is 0. The van der Waals surface area contributed by atoms with E-state index in [0.29, 0.717) is 5.82 Å². The Morgan fingerprint density at radius 1 is 1.44 bits per heavy atom. The Hall–Kier alpha value is -1.49. The molecule has 0 unspecified atom stereocenters. The summed E-state index contributed by atoms with van der Waals surface area (Å²) in [5.74, 6) is 1.44. The van der Waals surface area contributed by atoms with Gasteiger partial charge in [0.05, 0.1) is 17.9 Å². The van der Waals surface area contributed by atoms with Crippen molar-refractivity contribution in [1.82, 2.24) is 9.55 Å². The van der Waals surface area contributed by atoms with Crippen molar-refractivity contribution in [1.29, 1.82) is 0 Å². The van der Waals surface area contributed by atoms with Gasteiger partial charge in [0.2, 0.25) is 0 Å². The second-order valence-corrected chi connectivity index (χ2v) is 4.29. The molecule has 0 amide bonds. The Bertz CT molecular complexity index is 522. The third-order valence-corrected chi connectivity index (χ3v) is 3.03. The molecule has 0 fully saturated rings. The number of imidazole rings is 1. The molecule has 5 heteroatoms. The molecule has 0 aliphatic heterocycles. The molecule has 2 N–H and O–H groups in total. The average molecular weight is 282 g/mol. The number of nitrogen functional groups attached to an aromatic ring is 1. The van der Waals surface area contributed by atoms with E-state index in [0.717, 1.165) is 21.5 Å². The zero-order chi connectivity index (χ0) is 11.7. The summed E-state index contributed by atoms with van der Waals surface area (Å²) in [5.41, 5.74) is 7.66. The van der Waals surface area contributed by atoms with Crippen LogP contribution >= 0.6 is 15.9 Å². The van der Waals surface area contributed by atoms with Crippen molar-refractivity contribution in [3.8, 4) is 17.0 Å². The molecule has 0 spiro atoms. The van der Waals surface area contributed by atoms with Crippen molar-refractivity contribution in [3.63, 3.8) is 0 Å². The molecule has 4 nitrogen and oxygen atoms in total. The number of hydrogen-bond acceptors (Lipinski definition) is 3. The van der Waals surface area contributed by atoms with E-state index < -0.39 is 0 Å². The van der Waals surface area contributed by atoms with Gasteiger partial charge in [0.15, 0.2) is 0 Å². The summed E-state index contributed by atoms with van der Waals surface area (Å²) >= 11 is 3.44. The number of halogens is 1. The van der Waals surface area contributed by atoms with Gasteiger partial charge in [-0.1, -0.05) is 0 Å². The summed E-state index contributed by atoms with van der Waals surface area (Å²) in [6.07, 6.45) is 1.70. The van der Waals surface area contributed by atoms with Gasteiger partial charge in [0.1, 0.15) is 17.3 Å². The predicted molar refractivity (Wildman–Crippen MR) is 67.3 cm³/mol. The molecule has 2 rings (SSSR count). The number of hydrogen-bond donors (Lipinski definition) is 1. The zero-order valence-corrected chi connectivity index (χ0v) is 10.7. The standard InChI is InChI=1S/C11H12BrN3O/c1-15-6-14-10(11(15)13)7-3-4-9(16-2)8(12)5-7/h3-6H,13H2,1-2H3. The van der Waals surface area contributed by atoms with Crippen LogP contribution in [-0.4, -0.2) is 16.7 Å².